The Morgan fingerprint density at radius 1 is 1.00 bits per heavy atom. The first-order chi connectivity index (χ1) is 7.45. The Hall–Kier alpha value is -2.16. The first kappa shape index (κ1) is 8.17. The van der Waals surface area contributed by atoms with Crippen LogP contribution in [0.3, 0.4) is 0 Å². The molecular weight excluding hydrogens is 188 g/mol. The van der Waals surface area contributed by atoms with E-state index < -0.39 is 0 Å². The van der Waals surface area contributed by atoms with E-state index in [4.69, 9.17) is 4.42 Å². The molecule has 0 bridgehead atoms. The highest BCUT2D eigenvalue weighted by Crippen LogP contribution is 2.09. The lowest BCUT2D eigenvalue weighted by Crippen LogP contribution is -2.28. The number of pyridine rings is 1. The summed E-state index contributed by atoms with van der Waals surface area (Å²) in [5.74, 6) is 0. The molecule has 0 saturated heterocycles. The van der Waals surface area contributed by atoms with Gasteiger partial charge in [-0.1, -0.05) is 18.2 Å². The van der Waals surface area contributed by atoms with Crippen molar-refractivity contribution in [2.24, 2.45) is 0 Å². The molecule has 0 fully saturated rings. The van der Waals surface area contributed by atoms with Crippen molar-refractivity contribution in [1.82, 2.24) is 4.98 Å². The van der Waals surface area contributed by atoms with E-state index in [-0.39, 0.29) is 0 Å². The summed E-state index contributed by atoms with van der Waals surface area (Å²) in [7, 11) is 0. The molecule has 0 aliphatic carbocycles. The van der Waals surface area contributed by atoms with Gasteiger partial charge in [0.05, 0.1) is 0 Å². The molecule has 3 heteroatoms. The number of oxazole rings is 1. The Morgan fingerprint density at radius 3 is 2.73 bits per heavy atom. The molecule has 0 spiro atoms. The number of nitrogens with zero attached hydrogens (tertiary/aromatic N) is 2. The van der Waals surface area contributed by atoms with E-state index in [1.807, 2.05) is 47.0 Å². The van der Waals surface area contributed by atoms with E-state index in [9.17, 15) is 0 Å². The molecule has 15 heavy (non-hydrogen) atoms. The number of para-hydroxylation sites is 1. The zero-order valence-corrected chi connectivity index (χ0v) is 8.00. The topological polar surface area (TPSA) is 29.9 Å². The Morgan fingerprint density at radius 2 is 1.87 bits per heavy atom. The fourth-order valence-electron chi connectivity index (χ4n) is 1.59. The Labute approximate surface area is 86.6 Å². The van der Waals surface area contributed by atoms with Crippen LogP contribution in [0.25, 0.3) is 16.9 Å². The second kappa shape index (κ2) is 3.20. The van der Waals surface area contributed by atoms with Gasteiger partial charge in [0.2, 0.25) is 5.58 Å². The van der Waals surface area contributed by atoms with Gasteiger partial charge >= 0.3 is 5.65 Å². The van der Waals surface area contributed by atoms with Crippen molar-refractivity contribution in [2.45, 2.75) is 0 Å². The SMILES string of the molecule is c1ccc(-[n+]2coc3cccnc32)cc1. The zero-order valence-electron chi connectivity index (χ0n) is 8.00. The highest BCUT2D eigenvalue weighted by Gasteiger charge is 2.14. The summed E-state index contributed by atoms with van der Waals surface area (Å²) in [5, 5.41) is 0. The number of aromatic nitrogens is 2. The zero-order chi connectivity index (χ0) is 10.1. The lowest BCUT2D eigenvalue weighted by atomic mass is 10.3. The van der Waals surface area contributed by atoms with Crippen molar-refractivity contribution in [3.05, 3.63) is 55.1 Å². The van der Waals surface area contributed by atoms with Crippen LogP contribution in [0.2, 0.25) is 0 Å². The Kier molecular flexibility index (Phi) is 1.75. The van der Waals surface area contributed by atoms with E-state index in [0.717, 1.165) is 16.9 Å². The second-order valence-corrected chi connectivity index (χ2v) is 3.25. The van der Waals surface area contributed by atoms with Crippen LogP contribution in [-0.4, -0.2) is 4.98 Å². The molecule has 0 aliphatic rings. The smallest absolute Gasteiger partial charge is 0.373 e. The van der Waals surface area contributed by atoms with Crippen molar-refractivity contribution < 1.29 is 8.98 Å². The van der Waals surface area contributed by atoms with Crippen LogP contribution in [-0.2, 0) is 0 Å². The largest absolute Gasteiger partial charge is 0.419 e. The summed E-state index contributed by atoms with van der Waals surface area (Å²) in [6.07, 6.45) is 3.43. The van der Waals surface area contributed by atoms with E-state index in [1.54, 1.807) is 12.6 Å². The standard InChI is InChI=1S/C12H9N2O/c1-2-5-10(6-3-1)14-9-15-11-7-4-8-13-12(11)14/h1-9H/q+1. The Bertz CT molecular complexity index is 587. The van der Waals surface area contributed by atoms with Gasteiger partial charge in [-0.25, -0.2) is 0 Å². The third kappa shape index (κ3) is 1.29. The average Bonchev–Trinajstić information content (AvgIpc) is 2.74. The molecule has 1 aromatic carbocycles. The van der Waals surface area contributed by atoms with Crippen LogP contribution in [0.1, 0.15) is 0 Å². The van der Waals surface area contributed by atoms with Crippen molar-refractivity contribution >= 4 is 11.2 Å². The van der Waals surface area contributed by atoms with Gasteiger partial charge < -0.3 is 4.42 Å². The van der Waals surface area contributed by atoms with Gasteiger partial charge in [-0.15, -0.1) is 0 Å². The fraction of sp³-hybridized carbons (Fsp3) is 0. The van der Waals surface area contributed by atoms with Crippen molar-refractivity contribution in [2.75, 3.05) is 0 Å². The lowest BCUT2D eigenvalue weighted by molar-refractivity contribution is -0.575. The van der Waals surface area contributed by atoms with Gasteiger partial charge in [-0.2, -0.15) is 4.57 Å². The fourth-order valence-corrected chi connectivity index (χ4v) is 1.59. The lowest BCUT2D eigenvalue weighted by Gasteiger charge is -1.92. The minimum absolute atomic E-state index is 0.793. The van der Waals surface area contributed by atoms with Crippen molar-refractivity contribution in [1.29, 1.82) is 0 Å². The number of hydrogen-bond donors (Lipinski definition) is 0. The molecule has 2 heterocycles. The first-order valence-corrected chi connectivity index (χ1v) is 4.74. The molecule has 0 atom stereocenters. The average molecular weight is 197 g/mol. The number of fused-ring (bicyclic) bond motifs is 1. The maximum absolute atomic E-state index is 5.40. The number of hydrogen-bond acceptors (Lipinski definition) is 2. The van der Waals surface area contributed by atoms with Gasteiger partial charge in [-0.3, -0.25) is 0 Å². The van der Waals surface area contributed by atoms with Crippen LogP contribution < -0.4 is 4.57 Å². The van der Waals surface area contributed by atoms with E-state index >= 15 is 0 Å². The van der Waals surface area contributed by atoms with Gasteiger partial charge in [0.15, 0.2) is 0 Å². The quantitative estimate of drug-likeness (QED) is 0.559. The molecule has 0 N–H and O–H groups in total. The summed E-state index contributed by atoms with van der Waals surface area (Å²) in [6.45, 7) is 0. The third-order valence-electron chi connectivity index (χ3n) is 2.30. The van der Waals surface area contributed by atoms with Crippen molar-refractivity contribution in [3.8, 4) is 5.69 Å². The van der Waals surface area contributed by atoms with E-state index in [2.05, 4.69) is 4.98 Å². The van der Waals surface area contributed by atoms with Crippen LogP contribution in [0.4, 0.5) is 0 Å². The maximum atomic E-state index is 5.40. The summed E-state index contributed by atoms with van der Waals surface area (Å²) in [5.41, 5.74) is 2.68. The van der Waals surface area contributed by atoms with Gasteiger partial charge in [0.1, 0.15) is 11.9 Å². The van der Waals surface area contributed by atoms with E-state index in [0.29, 0.717) is 0 Å². The summed E-state index contributed by atoms with van der Waals surface area (Å²) in [6, 6.07) is 13.8. The van der Waals surface area contributed by atoms with Crippen LogP contribution in [0.5, 0.6) is 0 Å². The predicted molar refractivity (Wildman–Crippen MR) is 55.5 cm³/mol. The molecule has 3 rings (SSSR count). The van der Waals surface area contributed by atoms with E-state index in [1.165, 1.54) is 0 Å². The molecule has 0 saturated carbocycles. The molecule has 0 amide bonds. The predicted octanol–water partition coefficient (Wildman–Crippen LogP) is 2.10. The minimum atomic E-state index is 0.793. The third-order valence-corrected chi connectivity index (χ3v) is 2.30. The summed E-state index contributed by atoms with van der Waals surface area (Å²) >= 11 is 0. The number of benzene rings is 1. The van der Waals surface area contributed by atoms with Gasteiger partial charge in [-0.05, 0) is 29.2 Å². The van der Waals surface area contributed by atoms with Crippen LogP contribution >= 0.6 is 0 Å². The molecule has 2 aromatic heterocycles. The molecular formula is C12H9N2O+. The highest BCUT2D eigenvalue weighted by molar-refractivity contribution is 5.63. The van der Waals surface area contributed by atoms with Gasteiger partial charge in [0, 0.05) is 0 Å². The van der Waals surface area contributed by atoms with Crippen molar-refractivity contribution in [3.63, 3.8) is 0 Å². The first-order valence-electron chi connectivity index (χ1n) is 4.74. The second-order valence-electron chi connectivity index (χ2n) is 3.25. The normalized spacial score (nSPS) is 10.7. The van der Waals surface area contributed by atoms with Crippen LogP contribution in [0.15, 0.2) is 59.5 Å². The molecule has 3 nitrogen and oxygen atoms in total. The molecule has 0 unspecified atom stereocenters. The molecule has 0 aliphatic heterocycles. The maximum Gasteiger partial charge on any atom is 0.373 e. The minimum Gasteiger partial charge on any atom is -0.419 e. The van der Waals surface area contributed by atoms with Crippen LogP contribution in [0, 0.1) is 0 Å². The Balaban J connectivity index is 2.28. The molecule has 72 valence electrons. The summed E-state index contributed by atoms with van der Waals surface area (Å²) < 4.78 is 7.33. The molecule has 0 radical (unpaired) electrons. The van der Waals surface area contributed by atoms with Gasteiger partial charge in [0.25, 0.3) is 6.39 Å². The highest BCUT2D eigenvalue weighted by atomic mass is 16.3. The molecule has 3 aromatic rings. The number of rotatable bonds is 1. The monoisotopic (exact) mass is 197 g/mol. The summed E-state index contributed by atoms with van der Waals surface area (Å²) in [4.78, 5) is 4.29.